The lowest BCUT2D eigenvalue weighted by atomic mass is 9.96. The SMILES string of the molecule is CCCN1C(=NC2CCCCC2)SCC1CC(=O)Nc1ccc(C(C)C)cc1. The van der Waals surface area contributed by atoms with Crippen molar-refractivity contribution in [2.24, 2.45) is 4.99 Å². The monoisotopic (exact) mass is 401 g/mol. The van der Waals surface area contributed by atoms with Crippen LogP contribution in [0, 0.1) is 0 Å². The quantitative estimate of drug-likeness (QED) is 0.641. The van der Waals surface area contributed by atoms with Crippen LogP contribution in [0.4, 0.5) is 5.69 Å². The molecule has 1 aromatic carbocycles. The molecule has 1 saturated heterocycles. The number of amidine groups is 1. The highest BCUT2D eigenvalue weighted by Crippen LogP contribution is 2.30. The number of nitrogens with zero attached hydrogens (tertiary/aromatic N) is 2. The fourth-order valence-electron chi connectivity index (χ4n) is 4.04. The molecule has 1 unspecified atom stereocenters. The maximum atomic E-state index is 12.6. The Morgan fingerprint density at radius 2 is 1.93 bits per heavy atom. The van der Waals surface area contributed by atoms with Gasteiger partial charge in [0, 0.05) is 30.4 Å². The van der Waals surface area contributed by atoms with Gasteiger partial charge in [-0.25, -0.2) is 0 Å². The van der Waals surface area contributed by atoms with E-state index in [2.05, 4.69) is 43.1 Å². The predicted octanol–water partition coefficient (Wildman–Crippen LogP) is 5.65. The number of thioether (sulfide) groups is 1. The van der Waals surface area contributed by atoms with Crippen molar-refractivity contribution in [1.82, 2.24) is 4.90 Å². The maximum absolute atomic E-state index is 12.6. The molecular formula is C23H35N3OS. The summed E-state index contributed by atoms with van der Waals surface area (Å²) in [6, 6.07) is 8.96. The predicted molar refractivity (Wildman–Crippen MR) is 121 cm³/mol. The van der Waals surface area contributed by atoms with Gasteiger partial charge in [-0.15, -0.1) is 0 Å². The molecule has 1 amide bonds. The van der Waals surface area contributed by atoms with Crippen molar-refractivity contribution in [3.8, 4) is 0 Å². The third kappa shape index (κ3) is 5.76. The van der Waals surface area contributed by atoms with Crippen molar-refractivity contribution < 1.29 is 4.79 Å². The largest absolute Gasteiger partial charge is 0.347 e. The smallest absolute Gasteiger partial charge is 0.226 e. The highest BCUT2D eigenvalue weighted by atomic mass is 32.2. The summed E-state index contributed by atoms with van der Waals surface area (Å²) >= 11 is 1.84. The molecule has 1 N–H and O–H groups in total. The average Bonchev–Trinajstić information content (AvgIpc) is 3.04. The molecule has 4 nitrogen and oxygen atoms in total. The summed E-state index contributed by atoms with van der Waals surface area (Å²) < 4.78 is 0. The van der Waals surface area contributed by atoms with Gasteiger partial charge in [0.15, 0.2) is 5.17 Å². The number of benzene rings is 1. The number of amides is 1. The minimum absolute atomic E-state index is 0.0999. The molecule has 0 aromatic heterocycles. The zero-order valence-electron chi connectivity index (χ0n) is 17.6. The van der Waals surface area contributed by atoms with Crippen molar-refractivity contribution in [2.45, 2.75) is 83.7 Å². The fraction of sp³-hybridized carbons (Fsp3) is 0.652. The average molecular weight is 402 g/mol. The Morgan fingerprint density at radius 1 is 1.21 bits per heavy atom. The van der Waals surface area contributed by atoms with E-state index in [0.29, 0.717) is 18.4 Å². The number of nitrogens with one attached hydrogen (secondary N) is 1. The van der Waals surface area contributed by atoms with Crippen molar-refractivity contribution in [3.05, 3.63) is 29.8 Å². The zero-order valence-corrected chi connectivity index (χ0v) is 18.4. The minimum atomic E-state index is 0.0999. The molecule has 1 atom stereocenters. The highest BCUT2D eigenvalue weighted by Gasteiger charge is 2.32. The highest BCUT2D eigenvalue weighted by molar-refractivity contribution is 8.14. The number of anilines is 1. The first-order valence-corrected chi connectivity index (χ1v) is 11.9. The maximum Gasteiger partial charge on any atom is 0.226 e. The molecule has 3 rings (SSSR count). The van der Waals surface area contributed by atoms with E-state index in [1.54, 1.807) is 0 Å². The zero-order chi connectivity index (χ0) is 19.9. The Labute approximate surface area is 174 Å². The van der Waals surface area contributed by atoms with Gasteiger partial charge in [-0.2, -0.15) is 0 Å². The molecule has 1 heterocycles. The van der Waals surface area contributed by atoms with Crippen LogP contribution >= 0.6 is 11.8 Å². The second-order valence-corrected chi connectivity index (χ2v) is 9.38. The number of hydrogen-bond acceptors (Lipinski definition) is 3. The van der Waals surface area contributed by atoms with Crippen molar-refractivity contribution in [3.63, 3.8) is 0 Å². The molecule has 1 saturated carbocycles. The Balaban J connectivity index is 1.58. The van der Waals surface area contributed by atoms with Crippen LogP contribution in [-0.2, 0) is 4.79 Å². The van der Waals surface area contributed by atoms with E-state index in [1.165, 1.54) is 42.8 Å². The second kappa shape index (κ2) is 10.3. The van der Waals surface area contributed by atoms with Gasteiger partial charge in [0.2, 0.25) is 5.91 Å². The van der Waals surface area contributed by atoms with Crippen LogP contribution in [0.25, 0.3) is 0 Å². The van der Waals surface area contributed by atoms with Gasteiger partial charge in [0.05, 0.1) is 6.04 Å². The van der Waals surface area contributed by atoms with Crippen LogP contribution in [0.3, 0.4) is 0 Å². The van der Waals surface area contributed by atoms with Gasteiger partial charge in [-0.1, -0.05) is 63.9 Å². The van der Waals surface area contributed by atoms with Crippen molar-refractivity contribution in [2.75, 3.05) is 17.6 Å². The number of rotatable bonds is 7. The van der Waals surface area contributed by atoms with Crippen LogP contribution in [0.1, 0.15) is 77.2 Å². The molecule has 154 valence electrons. The molecule has 2 fully saturated rings. The lowest BCUT2D eigenvalue weighted by Crippen LogP contribution is -2.37. The normalized spacial score (nSPS) is 22.2. The van der Waals surface area contributed by atoms with Crippen LogP contribution < -0.4 is 5.32 Å². The first kappa shape index (κ1) is 21.2. The van der Waals surface area contributed by atoms with Gasteiger partial charge in [-0.3, -0.25) is 9.79 Å². The molecule has 1 aliphatic heterocycles. The van der Waals surface area contributed by atoms with Crippen LogP contribution in [0.2, 0.25) is 0 Å². The summed E-state index contributed by atoms with van der Waals surface area (Å²) in [7, 11) is 0. The second-order valence-electron chi connectivity index (χ2n) is 8.39. The van der Waals surface area contributed by atoms with Crippen LogP contribution in [-0.4, -0.2) is 40.4 Å². The van der Waals surface area contributed by atoms with Gasteiger partial charge >= 0.3 is 0 Å². The Kier molecular flexibility index (Phi) is 7.83. The van der Waals surface area contributed by atoms with Crippen molar-refractivity contribution in [1.29, 1.82) is 0 Å². The topological polar surface area (TPSA) is 44.7 Å². The van der Waals surface area contributed by atoms with E-state index in [9.17, 15) is 4.79 Å². The number of carbonyl (C=O) groups excluding carboxylic acids is 1. The van der Waals surface area contributed by atoms with E-state index in [0.717, 1.165) is 24.4 Å². The third-order valence-corrected chi connectivity index (χ3v) is 6.86. The van der Waals surface area contributed by atoms with E-state index in [-0.39, 0.29) is 11.9 Å². The number of aliphatic imine (C=N–C) groups is 1. The van der Waals surface area contributed by atoms with E-state index < -0.39 is 0 Å². The summed E-state index contributed by atoms with van der Waals surface area (Å²) in [6.45, 7) is 7.55. The molecular weight excluding hydrogens is 366 g/mol. The van der Waals surface area contributed by atoms with E-state index in [1.807, 2.05) is 23.9 Å². The van der Waals surface area contributed by atoms with Gasteiger partial charge in [-0.05, 0) is 42.9 Å². The standard InChI is InChI=1S/C23H35N3OS/c1-4-14-26-21(16-28-23(26)25-19-8-6-5-7-9-19)15-22(27)24-20-12-10-18(11-13-20)17(2)3/h10-13,17,19,21H,4-9,14-16H2,1-3H3,(H,24,27). The summed E-state index contributed by atoms with van der Waals surface area (Å²) in [5.41, 5.74) is 2.18. The van der Waals surface area contributed by atoms with Gasteiger partial charge in [0.1, 0.15) is 0 Å². The minimum Gasteiger partial charge on any atom is -0.347 e. The van der Waals surface area contributed by atoms with E-state index >= 15 is 0 Å². The molecule has 5 heteroatoms. The lowest BCUT2D eigenvalue weighted by Gasteiger charge is -2.27. The lowest BCUT2D eigenvalue weighted by molar-refractivity contribution is -0.116. The molecule has 2 aliphatic rings. The van der Waals surface area contributed by atoms with Gasteiger partial charge < -0.3 is 10.2 Å². The summed E-state index contributed by atoms with van der Waals surface area (Å²) in [5, 5.41) is 4.25. The number of hydrogen-bond donors (Lipinski definition) is 1. The summed E-state index contributed by atoms with van der Waals surface area (Å²) in [5.74, 6) is 1.57. The van der Waals surface area contributed by atoms with Gasteiger partial charge in [0.25, 0.3) is 0 Å². The summed E-state index contributed by atoms with van der Waals surface area (Å²) in [4.78, 5) is 20.1. The molecule has 28 heavy (non-hydrogen) atoms. The van der Waals surface area contributed by atoms with E-state index in [4.69, 9.17) is 4.99 Å². The molecule has 1 aromatic rings. The van der Waals surface area contributed by atoms with Crippen LogP contribution in [0.15, 0.2) is 29.3 Å². The first-order valence-electron chi connectivity index (χ1n) is 10.9. The number of carbonyl (C=O) groups is 1. The summed E-state index contributed by atoms with van der Waals surface area (Å²) in [6.07, 6.45) is 8.03. The Bertz CT molecular complexity index is 665. The molecule has 0 radical (unpaired) electrons. The first-order chi connectivity index (χ1) is 13.6. The fourth-order valence-corrected chi connectivity index (χ4v) is 5.31. The Morgan fingerprint density at radius 3 is 2.57 bits per heavy atom. The van der Waals surface area contributed by atoms with Crippen molar-refractivity contribution >= 4 is 28.5 Å². The molecule has 1 aliphatic carbocycles. The Hall–Kier alpha value is -1.49. The molecule has 0 bridgehead atoms. The molecule has 0 spiro atoms. The van der Waals surface area contributed by atoms with Crippen LogP contribution in [0.5, 0.6) is 0 Å². The third-order valence-electron chi connectivity index (χ3n) is 5.71.